The Morgan fingerprint density at radius 3 is 2.82 bits per heavy atom. The van der Waals surface area contributed by atoms with Gasteiger partial charge in [-0.3, -0.25) is 9.89 Å². The second-order valence-corrected chi connectivity index (χ2v) is 4.98. The summed E-state index contributed by atoms with van der Waals surface area (Å²) >= 11 is 0. The molecule has 0 aliphatic carbocycles. The lowest BCUT2D eigenvalue weighted by Gasteiger charge is -2.34. The van der Waals surface area contributed by atoms with Crippen LogP contribution in [0.3, 0.4) is 0 Å². The third-order valence-corrected chi connectivity index (χ3v) is 3.21. The van der Waals surface area contributed by atoms with Crippen LogP contribution in [0.25, 0.3) is 0 Å². The quantitative estimate of drug-likeness (QED) is 0.815. The maximum atomic E-state index is 12.2. The van der Waals surface area contributed by atoms with Crippen LogP contribution in [0.2, 0.25) is 0 Å². The molecule has 2 heterocycles. The Kier molecular flexibility index (Phi) is 3.19. The smallest absolute Gasteiger partial charge is 0.255 e. The molecule has 1 saturated heterocycles. The van der Waals surface area contributed by atoms with E-state index in [1.165, 1.54) is 0 Å². The summed E-state index contributed by atoms with van der Waals surface area (Å²) < 4.78 is 5.43. The fourth-order valence-electron chi connectivity index (χ4n) is 2.25. The molecule has 1 unspecified atom stereocenters. The molecule has 1 amide bonds. The van der Waals surface area contributed by atoms with Crippen molar-refractivity contribution in [3.63, 3.8) is 0 Å². The van der Waals surface area contributed by atoms with Gasteiger partial charge >= 0.3 is 0 Å². The van der Waals surface area contributed by atoms with E-state index in [0.29, 0.717) is 12.2 Å². The fraction of sp³-hybridized carbons (Fsp3) is 0.667. The molecule has 0 saturated carbocycles. The topological polar surface area (TPSA) is 67.0 Å². The summed E-state index contributed by atoms with van der Waals surface area (Å²) in [6.45, 7) is 7.07. The first-order valence-corrected chi connectivity index (χ1v) is 5.94. The zero-order valence-corrected chi connectivity index (χ0v) is 10.6. The zero-order valence-electron chi connectivity index (χ0n) is 10.6. The van der Waals surface area contributed by atoms with Gasteiger partial charge in [-0.2, -0.15) is 5.10 Å². The highest BCUT2D eigenvalue weighted by atomic mass is 16.5. The van der Waals surface area contributed by atoms with E-state index in [-0.39, 0.29) is 11.4 Å². The van der Waals surface area contributed by atoms with E-state index in [0.717, 1.165) is 30.8 Å². The third-order valence-electron chi connectivity index (χ3n) is 3.21. The highest BCUT2D eigenvalue weighted by Crippen LogP contribution is 2.20. The van der Waals surface area contributed by atoms with Gasteiger partial charge in [0.15, 0.2) is 0 Å². The van der Waals surface area contributed by atoms with E-state index in [9.17, 15) is 4.79 Å². The van der Waals surface area contributed by atoms with E-state index in [4.69, 9.17) is 4.74 Å². The summed E-state index contributed by atoms with van der Waals surface area (Å²) in [5.74, 6) is -0.0678. The first-order chi connectivity index (χ1) is 8.02. The minimum atomic E-state index is -0.258. The average molecular weight is 237 g/mol. The molecule has 1 atom stereocenters. The van der Waals surface area contributed by atoms with Crippen LogP contribution in [-0.2, 0) is 4.74 Å². The zero-order chi connectivity index (χ0) is 12.5. The number of carbonyl (C=O) groups is 1. The molecule has 0 bridgehead atoms. The van der Waals surface area contributed by atoms with Gasteiger partial charge in [0.25, 0.3) is 5.91 Å². The number of rotatable bonds is 2. The Balaban J connectivity index is 2.11. The summed E-state index contributed by atoms with van der Waals surface area (Å²) in [5.41, 5.74) is 1.93. The van der Waals surface area contributed by atoms with E-state index >= 15 is 0 Å². The van der Waals surface area contributed by atoms with Gasteiger partial charge in [0.2, 0.25) is 0 Å². The SMILES string of the molecule is Cc1n[nH]c(C)c1C(=O)NC1(C)CCCOC1. The minimum absolute atomic E-state index is 0.0678. The molecule has 2 N–H and O–H groups in total. The molecule has 94 valence electrons. The summed E-state index contributed by atoms with van der Waals surface area (Å²) in [6.07, 6.45) is 1.94. The Labute approximate surface area is 101 Å². The van der Waals surface area contributed by atoms with Crippen molar-refractivity contribution in [3.05, 3.63) is 17.0 Å². The summed E-state index contributed by atoms with van der Waals surface area (Å²) in [5, 5.41) is 9.92. The van der Waals surface area contributed by atoms with Crippen molar-refractivity contribution in [2.75, 3.05) is 13.2 Å². The average Bonchev–Trinajstić information content (AvgIpc) is 2.58. The summed E-state index contributed by atoms with van der Waals surface area (Å²) in [6, 6.07) is 0. The Morgan fingerprint density at radius 2 is 2.29 bits per heavy atom. The number of carbonyl (C=O) groups excluding carboxylic acids is 1. The molecular formula is C12H19N3O2. The van der Waals surface area contributed by atoms with Crippen LogP contribution in [0.4, 0.5) is 0 Å². The number of aromatic nitrogens is 2. The number of nitrogens with one attached hydrogen (secondary N) is 2. The van der Waals surface area contributed by atoms with Gasteiger partial charge in [-0.15, -0.1) is 0 Å². The van der Waals surface area contributed by atoms with Crippen molar-refractivity contribution < 1.29 is 9.53 Å². The molecule has 2 rings (SSSR count). The first kappa shape index (κ1) is 12.1. The standard InChI is InChI=1S/C12H19N3O2/c1-8-10(9(2)15-14-8)11(16)13-12(3)5-4-6-17-7-12/h4-7H2,1-3H3,(H,13,16)(H,14,15). The van der Waals surface area contributed by atoms with Crippen molar-refractivity contribution in [1.29, 1.82) is 0 Å². The second-order valence-electron chi connectivity index (χ2n) is 4.98. The van der Waals surface area contributed by atoms with Gasteiger partial charge in [-0.25, -0.2) is 0 Å². The molecule has 1 aromatic rings. The molecule has 1 aromatic heterocycles. The van der Waals surface area contributed by atoms with Crippen LogP contribution >= 0.6 is 0 Å². The van der Waals surface area contributed by atoms with Crippen molar-refractivity contribution in [3.8, 4) is 0 Å². The minimum Gasteiger partial charge on any atom is -0.379 e. The lowest BCUT2D eigenvalue weighted by atomic mass is 9.94. The number of aryl methyl sites for hydroxylation is 2. The van der Waals surface area contributed by atoms with Crippen LogP contribution < -0.4 is 5.32 Å². The number of hydrogen-bond acceptors (Lipinski definition) is 3. The molecule has 0 radical (unpaired) electrons. The van der Waals surface area contributed by atoms with Crippen LogP contribution in [0.1, 0.15) is 41.5 Å². The van der Waals surface area contributed by atoms with E-state index in [2.05, 4.69) is 15.5 Å². The lowest BCUT2D eigenvalue weighted by Crippen LogP contribution is -2.51. The number of aromatic amines is 1. The van der Waals surface area contributed by atoms with E-state index in [1.807, 2.05) is 20.8 Å². The van der Waals surface area contributed by atoms with Gasteiger partial charge < -0.3 is 10.1 Å². The largest absolute Gasteiger partial charge is 0.379 e. The Bertz CT molecular complexity index is 400. The van der Waals surface area contributed by atoms with E-state index in [1.54, 1.807) is 0 Å². The molecule has 1 aliphatic heterocycles. The van der Waals surface area contributed by atoms with Gasteiger partial charge in [0.1, 0.15) is 0 Å². The highest BCUT2D eigenvalue weighted by Gasteiger charge is 2.30. The predicted molar refractivity (Wildman–Crippen MR) is 64.0 cm³/mol. The monoisotopic (exact) mass is 237 g/mol. The summed E-state index contributed by atoms with van der Waals surface area (Å²) in [7, 11) is 0. The lowest BCUT2D eigenvalue weighted by molar-refractivity contribution is 0.0272. The molecule has 5 nitrogen and oxygen atoms in total. The highest BCUT2D eigenvalue weighted by molar-refractivity contribution is 5.96. The normalized spacial score (nSPS) is 24.6. The van der Waals surface area contributed by atoms with Crippen molar-refractivity contribution >= 4 is 5.91 Å². The van der Waals surface area contributed by atoms with Crippen molar-refractivity contribution in [2.24, 2.45) is 0 Å². The Morgan fingerprint density at radius 1 is 1.53 bits per heavy atom. The maximum Gasteiger partial charge on any atom is 0.255 e. The second kappa shape index (κ2) is 4.49. The predicted octanol–water partition coefficient (Wildman–Crippen LogP) is 1.33. The molecule has 1 aliphatic rings. The number of amides is 1. The summed E-state index contributed by atoms with van der Waals surface area (Å²) in [4.78, 5) is 12.2. The van der Waals surface area contributed by atoms with Gasteiger partial charge in [-0.1, -0.05) is 0 Å². The molecule has 1 fully saturated rings. The Hall–Kier alpha value is -1.36. The number of ether oxygens (including phenoxy) is 1. The third kappa shape index (κ3) is 2.49. The molecule has 0 spiro atoms. The van der Waals surface area contributed by atoms with Crippen LogP contribution in [0.15, 0.2) is 0 Å². The maximum absolute atomic E-state index is 12.2. The molecule has 17 heavy (non-hydrogen) atoms. The van der Waals surface area contributed by atoms with Crippen molar-refractivity contribution in [2.45, 2.75) is 39.2 Å². The molecular weight excluding hydrogens is 218 g/mol. The van der Waals surface area contributed by atoms with E-state index < -0.39 is 0 Å². The molecule has 5 heteroatoms. The van der Waals surface area contributed by atoms with Crippen molar-refractivity contribution in [1.82, 2.24) is 15.5 Å². The first-order valence-electron chi connectivity index (χ1n) is 5.94. The van der Waals surface area contributed by atoms with Crippen LogP contribution in [0.5, 0.6) is 0 Å². The van der Waals surface area contributed by atoms with Crippen LogP contribution in [0, 0.1) is 13.8 Å². The van der Waals surface area contributed by atoms with Gasteiger partial charge in [0.05, 0.1) is 23.4 Å². The van der Waals surface area contributed by atoms with Crippen LogP contribution in [-0.4, -0.2) is 34.9 Å². The number of H-pyrrole nitrogens is 1. The number of hydrogen-bond donors (Lipinski definition) is 2. The number of nitrogens with zero attached hydrogens (tertiary/aromatic N) is 1. The van der Waals surface area contributed by atoms with Gasteiger partial charge in [-0.05, 0) is 33.6 Å². The fourth-order valence-corrected chi connectivity index (χ4v) is 2.25. The van der Waals surface area contributed by atoms with Gasteiger partial charge in [0, 0.05) is 12.3 Å². The molecule has 0 aromatic carbocycles.